The molecule has 140 valence electrons. The summed E-state index contributed by atoms with van der Waals surface area (Å²) in [5.41, 5.74) is 1.76. The highest BCUT2D eigenvalue weighted by molar-refractivity contribution is 14.0. The number of amides is 1. The van der Waals surface area contributed by atoms with E-state index in [0.717, 1.165) is 11.3 Å². The minimum Gasteiger partial charge on any atom is -0.508 e. The van der Waals surface area contributed by atoms with E-state index in [1.165, 1.54) is 0 Å². The number of aromatic nitrogens is 2. The zero-order valence-electron chi connectivity index (χ0n) is 14.8. The molecule has 0 atom stereocenters. The fourth-order valence-electron chi connectivity index (χ4n) is 2.85. The van der Waals surface area contributed by atoms with E-state index in [9.17, 15) is 9.90 Å². The number of anilines is 1. The SMILES string of the molecule is CN=C(NCc1cccc(O)c1)N1CCN(c2cnn(C)c2)C(=O)C1.I. The molecule has 1 aliphatic rings. The monoisotopic (exact) mass is 470 g/mol. The molecule has 0 saturated carbocycles. The fraction of sp³-hybridized carbons (Fsp3) is 0.353. The highest BCUT2D eigenvalue weighted by atomic mass is 127. The predicted octanol–water partition coefficient (Wildman–Crippen LogP) is 1.17. The van der Waals surface area contributed by atoms with Gasteiger partial charge in [-0.05, 0) is 17.7 Å². The summed E-state index contributed by atoms with van der Waals surface area (Å²) in [6.45, 7) is 2.05. The number of aryl methyl sites for hydroxylation is 1. The Kier molecular flexibility index (Phi) is 6.83. The van der Waals surface area contributed by atoms with Crippen molar-refractivity contribution in [3.63, 3.8) is 0 Å². The van der Waals surface area contributed by atoms with E-state index in [2.05, 4.69) is 15.4 Å². The maximum atomic E-state index is 12.5. The van der Waals surface area contributed by atoms with Crippen LogP contribution >= 0.6 is 24.0 Å². The Hall–Kier alpha value is -2.30. The minimum atomic E-state index is 0. The summed E-state index contributed by atoms with van der Waals surface area (Å²) in [5, 5.41) is 16.9. The van der Waals surface area contributed by atoms with Crippen molar-refractivity contribution in [3.8, 4) is 5.75 Å². The second kappa shape index (κ2) is 8.88. The maximum absolute atomic E-state index is 12.5. The van der Waals surface area contributed by atoms with E-state index >= 15 is 0 Å². The zero-order chi connectivity index (χ0) is 17.8. The van der Waals surface area contributed by atoms with Gasteiger partial charge in [-0.1, -0.05) is 12.1 Å². The molecule has 0 bridgehead atoms. The van der Waals surface area contributed by atoms with Gasteiger partial charge in [-0.3, -0.25) is 14.5 Å². The molecule has 1 fully saturated rings. The van der Waals surface area contributed by atoms with Crippen molar-refractivity contribution in [1.82, 2.24) is 20.0 Å². The number of nitrogens with one attached hydrogen (secondary N) is 1. The van der Waals surface area contributed by atoms with Gasteiger partial charge in [-0.2, -0.15) is 5.10 Å². The standard InChI is InChI=1S/C17H22N6O2.HI/c1-18-17(19-9-13-4-3-5-15(24)8-13)22-6-7-23(16(25)12-22)14-10-20-21(2)11-14;/h3-5,8,10-11,24H,6-7,9,12H2,1-2H3,(H,18,19);1H. The van der Waals surface area contributed by atoms with Gasteiger partial charge in [-0.15, -0.1) is 24.0 Å². The van der Waals surface area contributed by atoms with E-state index in [-0.39, 0.29) is 42.2 Å². The Morgan fingerprint density at radius 1 is 1.38 bits per heavy atom. The van der Waals surface area contributed by atoms with Crippen LogP contribution in [-0.4, -0.2) is 58.3 Å². The first-order chi connectivity index (χ1) is 12.1. The van der Waals surface area contributed by atoms with Crippen LogP contribution < -0.4 is 10.2 Å². The second-order valence-corrected chi connectivity index (χ2v) is 5.91. The zero-order valence-corrected chi connectivity index (χ0v) is 17.1. The number of phenolic OH excluding ortho intramolecular Hbond substituents is 1. The van der Waals surface area contributed by atoms with Gasteiger partial charge in [0.1, 0.15) is 12.3 Å². The van der Waals surface area contributed by atoms with E-state index in [4.69, 9.17) is 0 Å². The Morgan fingerprint density at radius 3 is 2.81 bits per heavy atom. The summed E-state index contributed by atoms with van der Waals surface area (Å²) in [5.74, 6) is 0.914. The third kappa shape index (κ3) is 4.65. The van der Waals surface area contributed by atoms with Crippen molar-refractivity contribution in [2.75, 3.05) is 31.6 Å². The number of carbonyl (C=O) groups excluding carboxylic acids is 1. The van der Waals surface area contributed by atoms with Crippen molar-refractivity contribution in [2.45, 2.75) is 6.54 Å². The van der Waals surface area contributed by atoms with E-state index < -0.39 is 0 Å². The van der Waals surface area contributed by atoms with Crippen LogP contribution in [0.2, 0.25) is 0 Å². The summed E-state index contributed by atoms with van der Waals surface area (Å²) < 4.78 is 1.69. The molecule has 1 aromatic carbocycles. The third-order valence-electron chi connectivity index (χ3n) is 4.10. The van der Waals surface area contributed by atoms with Gasteiger partial charge in [0.2, 0.25) is 5.91 Å². The number of hydrogen-bond acceptors (Lipinski definition) is 4. The topological polar surface area (TPSA) is 86.0 Å². The minimum absolute atomic E-state index is 0. The molecule has 0 unspecified atom stereocenters. The number of halogens is 1. The molecule has 0 aliphatic carbocycles. The number of aliphatic imine (C=N–C) groups is 1. The van der Waals surface area contributed by atoms with E-state index in [0.29, 0.717) is 25.6 Å². The van der Waals surface area contributed by atoms with Gasteiger partial charge in [-0.25, -0.2) is 0 Å². The lowest BCUT2D eigenvalue weighted by Gasteiger charge is -2.35. The molecule has 8 nitrogen and oxygen atoms in total. The largest absolute Gasteiger partial charge is 0.508 e. The van der Waals surface area contributed by atoms with Gasteiger partial charge in [0.15, 0.2) is 5.96 Å². The lowest BCUT2D eigenvalue weighted by molar-refractivity contribution is -0.120. The first-order valence-corrected chi connectivity index (χ1v) is 8.09. The molecule has 0 spiro atoms. The number of piperazine rings is 1. The van der Waals surface area contributed by atoms with Crippen LogP contribution in [0.1, 0.15) is 5.56 Å². The van der Waals surface area contributed by atoms with Crippen molar-refractivity contribution >= 4 is 41.5 Å². The van der Waals surface area contributed by atoms with Crippen molar-refractivity contribution in [1.29, 1.82) is 0 Å². The summed E-state index contributed by atoms with van der Waals surface area (Å²) in [7, 11) is 3.53. The molecule has 26 heavy (non-hydrogen) atoms. The quantitative estimate of drug-likeness (QED) is 0.400. The molecule has 3 rings (SSSR count). The number of carbonyl (C=O) groups is 1. The number of benzene rings is 1. The smallest absolute Gasteiger partial charge is 0.246 e. The highest BCUT2D eigenvalue weighted by Gasteiger charge is 2.27. The van der Waals surface area contributed by atoms with Crippen molar-refractivity contribution < 1.29 is 9.90 Å². The summed E-state index contributed by atoms with van der Waals surface area (Å²) >= 11 is 0. The molecule has 2 aromatic rings. The predicted molar refractivity (Wildman–Crippen MR) is 111 cm³/mol. The molecular formula is C17H23IN6O2. The fourth-order valence-corrected chi connectivity index (χ4v) is 2.85. The summed E-state index contributed by atoms with van der Waals surface area (Å²) in [4.78, 5) is 20.4. The van der Waals surface area contributed by atoms with E-state index in [1.54, 1.807) is 41.0 Å². The average molecular weight is 470 g/mol. The lowest BCUT2D eigenvalue weighted by Crippen LogP contribution is -2.55. The number of hydrogen-bond donors (Lipinski definition) is 2. The van der Waals surface area contributed by atoms with E-state index in [1.807, 2.05) is 24.2 Å². The van der Waals surface area contributed by atoms with Gasteiger partial charge in [0, 0.05) is 39.9 Å². The van der Waals surface area contributed by atoms with Gasteiger partial charge < -0.3 is 20.2 Å². The van der Waals surface area contributed by atoms with Crippen LogP contribution in [0, 0.1) is 0 Å². The van der Waals surface area contributed by atoms with Crippen molar-refractivity contribution in [2.24, 2.45) is 12.0 Å². The van der Waals surface area contributed by atoms with Crippen LogP contribution in [-0.2, 0) is 18.4 Å². The third-order valence-corrected chi connectivity index (χ3v) is 4.10. The number of rotatable bonds is 3. The average Bonchev–Trinajstić information content (AvgIpc) is 3.02. The van der Waals surface area contributed by atoms with Crippen LogP contribution in [0.4, 0.5) is 5.69 Å². The summed E-state index contributed by atoms with van der Waals surface area (Å²) in [6, 6.07) is 7.05. The summed E-state index contributed by atoms with van der Waals surface area (Å²) in [6.07, 6.45) is 3.53. The normalized spacial score (nSPS) is 15.0. The molecular weight excluding hydrogens is 447 g/mol. The van der Waals surface area contributed by atoms with Gasteiger partial charge >= 0.3 is 0 Å². The van der Waals surface area contributed by atoms with Gasteiger partial charge in [0.25, 0.3) is 0 Å². The Balaban J connectivity index is 0.00000243. The van der Waals surface area contributed by atoms with Crippen LogP contribution in [0.3, 0.4) is 0 Å². The number of guanidine groups is 1. The first-order valence-electron chi connectivity index (χ1n) is 8.09. The number of phenols is 1. The maximum Gasteiger partial charge on any atom is 0.246 e. The molecule has 2 heterocycles. The Bertz CT molecular complexity index is 791. The first kappa shape index (κ1) is 20.0. The number of aromatic hydroxyl groups is 1. The lowest BCUT2D eigenvalue weighted by atomic mass is 10.2. The highest BCUT2D eigenvalue weighted by Crippen LogP contribution is 2.16. The van der Waals surface area contributed by atoms with Crippen molar-refractivity contribution in [3.05, 3.63) is 42.2 Å². The molecule has 2 N–H and O–H groups in total. The number of nitrogens with zero attached hydrogens (tertiary/aromatic N) is 5. The Labute approximate surface area is 169 Å². The molecule has 1 aliphatic heterocycles. The molecule has 1 amide bonds. The van der Waals surface area contributed by atoms with Crippen LogP contribution in [0.5, 0.6) is 5.75 Å². The molecule has 0 radical (unpaired) electrons. The molecule has 1 aromatic heterocycles. The molecule has 1 saturated heterocycles. The Morgan fingerprint density at radius 2 is 2.19 bits per heavy atom. The molecule has 9 heteroatoms. The second-order valence-electron chi connectivity index (χ2n) is 5.91. The van der Waals surface area contributed by atoms with Gasteiger partial charge in [0.05, 0.1) is 11.9 Å². The van der Waals surface area contributed by atoms with Crippen LogP contribution in [0.25, 0.3) is 0 Å². The van der Waals surface area contributed by atoms with Crippen LogP contribution in [0.15, 0.2) is 41.7 Å².